The lowest BCUT2D eigenvalue weighted by Crippen LogP contribution is -2.34. The predicted molar refractivity (Wildman–Crippen MR) is 86.0 cm³/mol. The van der Waals surface area contributed by atoms with Crippen molar-refractivity contribution in [2.75, 3.05) is 0 Å². The molecule has 1 N–H and O–H groups in total. The Hall–Kier alpha value is -2.53. The standard InChI is InChI=1S/C17H14F2N2O3S/c1-17(2)6-9-4-8(5-10(7-20)12(9)24-17)15-21(3)11(14(18)19)13(25-15)16(22)23/h4-5,14H,6H2,1-3H3/p+1. The number of carboxylic acid groups (broad SMARTS) is 1. The van der Waals surface area contributed by atoms with E-state index >= 15 is 0 Å². The van der Waals surface area contributed by atoms with Gasteiger partial charge in [-0.1, -0.05) is 11.3 Å². The molecule has 0 amide bonds. The number of nitrogens with zero attached hydrogens (tertiary/aromatic N) is 2. The lowest BCUT2D eigenvalue weighted by Gasteiger charge is -2.17. The molecule has 1 aliphatic heterocycles. The van der Waals surface area contributed by atoms with Gasteiger partial charge in [-0.2, -0.15) is 18.6 Å². The summed E-state index contributed by atoms with van der Waals surface area (Å²) in [5.74, 6) is -0.892. The van der Waals surface area contributed by atoms with Crippen LogP contribution in [0.2, 0.25) is 0 Å². The van der Waals surface area contributed by atoms with E-state index in [-0.39, 0.29) is 0 Å². The summed E-state index contributed by atoms with van der Waals surface area (Å²) >= 11 is 0.773. The van der Waals surface area contributed by atoms with Crippen molar-refractivity contribution in [2.24, 2.45) is 7.05 Å². The molecule has 2 heterocycles. The van der Waals surface area contributed by atoms with Gasteiger partial charge in [0.15, 0.2) is 4.88 Å². The van der Waals surface area contributed by atoms with Gasteiger partial charge < -0.3 is 9.84 Å². The quantitative estimate of drug-likeness (QED) is 0.846. The molecular weight excluding hydrogens is 350 g/mol. The van der Waals surface area contributed by atoms with Crippen LogP contribution in [0.5, 0.6) is 5.75 Å². The molecule has 0 aliphatic carbocycles. The molecule has 1 aromatic heterocycles. The Labute approximate surface area is 146 Å². The molecule has 0 saturated carbocycles. The number of aromatic carboxylic acids is 1. The van der Waals surface area contributed by atoms with Crippen LogP contribution in [-0.2, 0) is 13.5 Å². The van der Waals surface area contributed by atoms with Crippen LogP contribution in [0.1, 0.15) is 46.8 Å². The highest BCUT2D eigenvalue weighted by Gasteiger charge is 2.37. The summed E-state index contributed by atoms with van der Waals surface area (Å²) in [5.41, 5.74) is 0.649. The number of carbonyl (C=O) groups is 1. The molecule has 25 heavy (non-hydrogen) atoms. The predicted octanol–water partition coefficient (Wildman–Crippen LogP) is 3.46. The number of ether oxygens (including phenoxy) is 1. The Morgan fingerprint density at radius 2 is 2.16 bits per heavy atom. The van der Waals surface area contributed by atoms with E-state index in [0.717, 1.165) is 16.9 Å². The Morgan fingerprint density at radius 3 is 2.68 bits per heavy atom. The fourth-order valence-electron chi connectivity index (χ4n) is 3.05. The number of hydrogen-bond acceptors (Lipinski definition) is 4. The molecule has 0 unspecified atom stereocenters. The summed E-state index contributed by atoms with van der Waals surface area (Å²) < 4.78 is 33.6. The van der Waals surface area contributed by atoms with Crippen LogP contribution in [0.25, 0.3) is 10.6 Å². The van der Waals surface area contributed by atoms with E-state index in [1.54, 1.807) is 12.1 Å². The minimum Gasteiger partial charge on any atom is -0.486 e. The van der Waals surface area contributed by atoms with Gasteiger partial charge in [0.1, 0.15) is 24.5 Å². The Kier molecular flexibility index (Phi) is 4.00. The second-order valence-corrected chi connectivity index (χ2v) is 7.45. The first-order valence-corrected chi connectivity index (χ1v) is 8.27. The van der Waals surface area contributed by atoms with Crippen LogP contribution in [0.3, 0.4) is 0 Å². The van der Waals surface area contributed by atoms with Gasteiger partial charge >= 0.3 is 12.4 Å². The number of rotatable bonds is 3. The maximum absolute atomic E-state index is 13.3. The van der Waals surface area contributed by atoms with E-state index in [0.29, 0.717) is 28.3 Å². The van der Waals surface area contributed by atoms with Gasteiger partial charge in [0.05, 0.1) is 11.1 Å². The number of nitriles is 1. The number of thiazole rings is 1. The van der Waals surface area contributed by atoms with E-state index in [1.165, 1.54) is 11.6 Å². The third kappa shape index (κ3) is 2.85. The van der Waals surface area contributed by atoms with Gasteiger partial charge in [0.2, 0.25) is 0 Å². The zero-order chi connectivity index (χ0) is 18.5. The van der Waals surface area contributed by atoms with Crippen molar-refractivity contribution in [2.45, 2.75) is 32.3 Å². The van der Waals surface area contributed by atoms with Crippen molar-refractivity contribution in [1.29, 1.82) is 5.26 Å². The zero-order valence-electron chi connectivity index (χ0n) is 13.8. The topological polar surface area (TPSA) is 74.2 Å². The van der Waals surface area contributed by atoms with E-state index < -0.39 is 28.6 Å². The van der Waals surface area contributed by atoms with E-state index in [9.17, 15) is 23.9 Å². The molecule has 0 radical (unpaired) electrons. The summed E-state index contributed by atoms with van der Waals surface area (Å²) in [6.07, 6.45) is -2.33. The van der Waals surface area contributed by atoms with Crippen molar-refractivity contribution < 1.29 is 28.0 Å². The van der Waals surface area contributed by atoms with Crippen LogP contribution >= 0.6 is 11.3 Å². The van der Waals surface area contributed by atoms with Gasteiger partial charge in [-0.3, -0.25) is 0 Å². The van der Waals surface area contributed by atoms with Gasteiger partial charge in [-0.15, -0.1) is 0 Å². The molecule has 0 saturated heterocycles. The summed E-state index contributed by atoms with van der Waals surface area (Å²) in [4.78, 5) is 10.9. The van der Waals surface area contributed by atoms with Gasteiger partial charge in [-0.25, -0.2) is 4.79 Å². The molecule has 8 heteroatoms. The van der Waals surface area contributed by atoms with Crippen molar-refractivity contribution in [1.82, 2.24) is 0 Å². The van der Waals surface area contributed by atoms with Crippen LogP contribution in [0, 0.1) is 11.3 Å². The number of benzene rings is 1. The average molecular weight is 365 g/mol. The Morgan fingerprint density at radius 1 is 1.48 bits per heavy atom. The Balaban J connectivity index is 2.21. The molecule has 5 nitrogen and oxygen atoms in total. The number of hydrogen-bond donors (Lipinski definition) is 1. The average Bonchev–Trinajstić information content (AvgIpc) is 3.01. The molecule has 2 aromatic rings. The lowest BCUT2D eigenvalue weighted by molar-refractivity contribution is -0.668. The van der Waals surface area contributed by atoms with E-state index in [4.69, 9.17) is 4.74 Å². The molecule has 3 rings (SSSR count). The highest BCUT2D eigenvalue weighted by atomic mass is 32.1. The van der Waals surface area contributed by atoms with Gasteiger partial charge in [0, 0.05) is 12.0 Å². The summed E-state index contributed by atoms with van der Waals surface area (Å²) in [7, 11) is 1.40. The first-order chi connectivity index (χ1) is 11.6. The molecular formula is C17H15F2N2O3S+. The lowest BCUT2D eigenvalue weighted by atomic mass is 9.98. The monoisotopic (exact) mass is 365 g/mol. The SMILES string of the molecule is C[n+]1c(-c2cc(C#N)c3c(c2)CC(C)(C)O3)sc(C(=O)O)c1C(F)F. The Bertz CT molecular complexity index is 929. The van der Waals surface area contributed by atoms with Gasteiger partial charge in [-0.05, 0) is 26.0 Å². The highest BCUT2D eigenvalue weighted by Crippen LogP contribution is 2.41. The second kappa shape index (κ2) is 5.77. The number of aromatic nitrogens is 1. The van der Waals surface area contributed by atoms with Crippen molar-refractivity contribution >= 4 is 17.3 Å². The fourth-order valence-corrected chi connectivity index (χ4v) is 4.13. The minimum atomic E-state index is -2.91. The fraction of sp³-hybridized carbons (Fsp3) is 0.353. The zero-order valence-corrected chi connectivity index (χ0v) is 14.6. The van der Waals surface area contributed by atoms with Crippen LogP contribution in [0.15, 0.2) is 12.1 Å². The third-order valence-corrected chi connectivity index (χ3v) is 5.32. The molecule has 1 aliphatic rings. The van der Waals surface area contributed by atoms with Crippen molar-refractivity contribution in [3.8, 4) is 22.4 Å². The summed E-state index contributed by atoms with van der Waals surface area (Å²) in [6, 6.07) is 5.39. The number of alkyl halides is 2. The molecule has 0 atom stereocenters. The van der Waals surface area contributed by atoms with Crippen LogP contribution < -0.4 is 9.30 Å². The molecule has 0 spiro atoms. The van der Waals surface area contributed by atoms with E-state index in [1.807, 2.05) is 13.8 Å². The van der Waals surface area contributed by atoms with Crippen LogP contribution in [0.4, 0.5) is 8.78 Å². The highest BCUT2D eigenvalue weighted by molar-refractivity contribution is 7.16. The molecule has 1 aromatic carbocycles. The van der Waals surface area contributed by atoms with E-state index in [2.05, 4.69) is 6.07 Å². The maximum atomic E-state index is 13.3. The van der Waals surface area contributed by atoms with Crippen molar-refractivity contribution in [3.63, 3.8) is 0 Å². The smallest absolute Gasteiger partial charge is 0.352 e. The first-order valence-electron chi connectivity index (χ1n) is 7.45. The molecule has 130 valence electrons. The van der Waals surface area contributed by atoms with Crippen molar-refractivity contribution in [3.05, 3.63) is 33.8 Å². The second-order valence-electron chi connectivity index (χ2n) is 6.45. The summed E-state index contributed by atoms with van der Waals surface area (Å²) in [6.45, 7) is 3.80. The maximum Gasteiger partial charge on any atom is 0.352 e. The first kappa shape index (κ1) is 17.3. The number of halogens is 2. The van der Waals surface area contributed by atoms with Gasteiger partial charge in [0.25, 0.3) is 10.7 Å². The normalized spacial score (nSPS) is 14.9. The third-order valence-electron chi connectivity index (χ3n) is 4.03. The molecule has 0 fully saturated rings. The largest absolute Gasteiger partial charge is 0.486 e. The van der Waals surface area contributed by atoms with Crippen LogP contribution in [-0.4, -0.2) is 16.7 Å². The number of carboxylic acids is 1. The minimum absolute atomic E-state index is 0.307. The summed E-state index contributed by atoms with van der Waals surface area (Å²) in [5, 5.41) is 19.0. The molecule has 0 bridgehead atoms. The number of fused-ring (bicyclic) bond motifs is 1.